The lowest BCUT2D eigenvalue weighted by molar-refractivity contribution is 0.0383. The molecule has 138 valence electrons. The Morgan fingerprint density at radius 1 is 1.08 bits per heavy atom. The SMILES string of the molecule is O=C(NCCN1CCOCC1)c1cncc(Nc2cc(Cl)cc(Cl)c2)c1. The van der Waals surface area contributed by atoms with E-state index >= 15 is 0 Å². The lowest BCUT2D eigenvalue weighted by Crippen LogP contribution is -2.41. The standard InChI is InChI=1S/C18H20Cl2N4O2/c19-14-8-15(20)10-16(9-14)23-17-7-13(11-21-12-17)18(25)22-1-2-24-3-5-26-6-4-24/h7-12,23H,1-6H2,(H,22,25). The zero-order valence-corrected chi connectivity index (χ0v) is 15.7. The Morgan fingerprint density at radius 2 is 1.81 bits per heavy atom. The molecule has 1 saturated heterocycles. The highest BCUT2D eigenvalue weighted by atomic mass is 35.5. The number of benzene rings is 1. The molecule has 1 aliphatic heterocycles. The van der Waals surface area contributed by atoms with E-state index in [0.29, 0.717) is 27.8 Å². The summed E-state index contributed by atoms with van der Waals surface area (Å²) in [5.41, 5.74) is 1.91. The van der Waals surface area contributed by atoms with Gasteiger partial charge in [-0.15, -0.1) is 0 Å². The molecule has 1 aromatic carbocycles. The number of ether oxygens (including phenoxy) is 1. The van der Waals surface area contributed by atoms with Crippen molar-refractivity contribution in [2.75, 3.05) is 44.7 Å². The maximum atomic E-state index is 12.3. The highest BCUT2D eigenvalue weighted by Crippen LogP contribution is 2.25. The Kier molecular flexibility index (Phi) is 6.68. The molecule has 1 fully saturated rings. The van der Waals surface area contributed by atoms with Crippen LogP contribution in [0.5, 0.6) is 0 Å². The molecule has 6 nitrogen and oxygen atoms in total. The van der Waals surface area contributed by atoms with Gasteiger partial charge in [0.1, 0.15) is 0 Å². The second-order valence-corrected chi connectivity index (χ2v) is 6.83. The van der Waals surface area contributed by atoms with E-state index in [4.69, 9.17) is 27.9 Å². The first-order valence-corrected chi connectivity index (χ1v) is 9.12. The number of morpholine rings is 1. The maximum absolute atomic E-state index is 12.3. The van der Waals surface area contributed by atoms with Crippen molar-refractivity contribution >= 4 is 40.5 Å². The van der Waals surface area contributed by atoms with Crippen LogP contribution in [0.1, 0.15) is 10.4 Å². The van der Waals surface area contributed by atoms with Gasteiger partial charge in [-0.1, -0.05) is 23.2 Å². The Balaban J connectivity index is 1.56. The average molecular weight is 395 g/mol. The second-order valence-electron chi connectivity index (χ2n) is 5.96. The number of carbonyl (C=O) groups is 1. The molecular weight excluding hydrogens is 375 g/mol. The van der Waals surface area contributed by atoms with Crippen molar-refractivity contribution in [2.45, 2.75) is 0 Å². The largest absolute Gasteiger partial charge is 0.379 e. The molecule has 1 aromatic heterocycles. The lowest BCUT2D eigenvalue weighted by atomic mass is 10.2. The number of nitrogens with one attached hydrogen (secondary N) is 2. The fourth-order valence-electron chi connectivity index (χ4n) is 2.68. The fraction of sp³-hybridized carbons (Fsp3) is 0.333. The van der Waals surface area contributed by atoms with E-state index < -0.39 is 0 Å². The normalized spacial score (nSPS) is 14.8. The Hall–Kier alpha value is -1.86. The number of halogens is 2. The molecule has 8 heteroatoms. The fourth-order valence-corrected chi connectivity index (χ4v) is 3.21. The van der Waals surface area contributed by atoms with Crippen molar-refractivity contribution in [1.82, 2.24) is 15.2 Å². The number of hydrogen-bond acceptors (Lipinski definition) is 5. The molecule has 0 unspecified atom stereocenters. The Morgan fingerprint density at radius 3 is 2.54 bits per heavy atom. The summed E-state index contributed by atoms with van der Waals surface area (Å²) in [4.78, 5) is 18.7. The molecule has 3 rings (SSSR count). The predicted octanol–water partition coefficient (Wildman–Crippen LogP) is 3.19. The molecule has 1 aliphatic rings. The van der Waals surface area contributed by atoms with E-state index in [9.17, 15) is 4.79 Å². The number of amides is 1. The summed E-state index contributed by atoms with van der Waals surface area (Å²) in [7, 11) is 0. The number of carbonyl (C=O) groups excluding carboxylic acids is 1. The van der Waals surface area contributed by atoms with E-state index in [1.165, 1.54) is 0 Å². The van der Waals surface area contributed by atoms with Gasteiger partial charge >= 0.3 is 0 Å². The summed E-state index contributed by atoms with van der Waals surface area (Å²) in [6.45, 7) is 4.69. The molecule has 2 aromatic rings. The van der Waals surface area contributed by atoms with Crippen LogP contribution in [0.25, 0.3) is 0 Å². The van der Waals surface area contributed by atoms with Crippen LogP contribution in [0.15, 0.2) is 36.7 Å². The van der Waals surface area contributed by atoms with Gasteiger partial charge in [-0.3, -0.25) is 14.7 Å². The third kappa shape index (κ3) is 5.57. The highest BCUT2D eigenvalue weighted by molar-refractivity contribution is 6.35. The molecule has 0 saturated carbocycles. The zero-order chi connectivity index (χ0) is 18.4. The van der Waals surface area contributed by atoms with E-state index in [1.54, 1.807) is 36.7 Å². The minimum atomic E-state index is -0.154. The van der Waals surface area contributed by atoms with Gasteiger partial charge in [0.2, 0.25) is 0 Å². The van der Waals surface area contributed by atoms with Crippen LogP contribution in [-0.4, -0.2) is 55.2 Å². The van der Waals surface area contributed by atoms with Gasteiger partial charge in [-0.25, -0.2) is 0 Å². The van der Waals surface area contributed by atoms with Crippen LogP contribution >= 0.6 is 23.2 Å². The lowest BCUT2D eigenvalue weighted by Gasteiger charge is -2.26. The monoisotopic (exact) mass is 394 g/mol. The van der Waals surface area contributed by atoms with E-state index in [2.05, 4.69) is 20.5 Å². The van der Waals surface area contributed by atoms with Crippen LogP contribution in [0.2, 0.25) is 10.0 Å². The molecule has 26 heavy (non-hydrogen) atoms. The topological polar surface area (TPSA) is 66.5 Å². The number of hydrogen-bond donors (Lipinski definition) is 2. The van der Waals surface area contributed by atoms with Crippen molar-refractivity contribution in [3.63, 3.8) is 0 Å². The molecule has 1 amide bonds. The number of rotatable bonds is 6. The van der Waals surface area contributed by atoms with Gasteiger partial charge in [-0.2, -0.15) is 0 Å². The van der Waals surface area contributed by atoms with Gasteiger partial charge in [0.15, 0.2) is 0 Å². The molecule has 0 radical (unpaired) electrons. The first kappa shape index (κ1) is 18.9. The van der Waals surface area contributed by atoms with Crippen LogP contribution in [0.4, 0.5) is 11.4 Å². The molecule has 0 bridgehead atoms. The van der Waals surface area contributed by atoms with E-state index in [-0.39, 0.29) is 5.91 Å². The van der Waals surface area contributed by atoms with Crippen LogP contribution in [0.3, 0.4) is 0 Å². The summed E-state index contributed by atoms with van der Waals surface area (Å²) < 4.78 is 5.31. The van der Waals surface area contributed by atoms with Gasteiger partial charge in [0.05, 0.1) is 30.7 Å². The van der Waals surface area contributed by atoms with Crippen molar-refractivity contribution in [3.8, 4) is 0 Å². The molecule has 0 atom stereocenters. The van der Waals surface area contributed by atoms with Crippen LogP contribution in [-0.2, 0) is 4.74 Å². The Labute approximate surface area is 162 Å². The van der Waals surface area contributed by atoms with Crippen molar-refractivity contribution in [1.29, 1.82) is 0 Å². The van der Waals surface area contributed by atoms with Gasteiger partial charge < -0.3 is 15.4 Å². The number of anilines is 2. The number of aromatic nitrogens is 1. The summed E-state index contributed by atoms with van der Waals surface area (Å²) in [6.07, 6.45) is 3.18. The smallest absolute Gasteiger partial charge is 0.252 e. The third-order valence-electron chi connectivity index (χ3n) is 3.97. The molecule has 0 spiro atoms. The second kappa shape index (κ2) is 9.19. The van der Waals surface area contributed by atoms with Crippen molar-refractivity contribution < 1.29 is 9.53 Å². The first-order valence-electron chi connectivity index (χ1n) is 8.36. The summed E-state index contributed by atoms with van der Waals surface area (Å²) >= 11 is 12.0. The zero-order valence-electron chi connectivity index (χ0n) is 14.2. The maximum Gasteiger partial charge on any atom is 0.252 e. The van der Waals surface area contributed by atoms with Gasteiger partial charge in [0, 0.05) is 48.1 Å². The van der Waals surface area contributed by atoms with Crippen LogP contribution in [0, 0.1) is 0 Å². The van der Waals surface area contributed by atoms with Gasteiger partial charge in [-0.05, 0) is 24.3 Å². The minimum Gasteiger partial charge on any atom is -0.379 e. The quantitative estimate of drug-likeness (QED) is 0.787. The summed E-state index contributed by atoms with van der Waals surface area (Å²) in [6, 6.07) is 6.90. The van der Waals surface area contributed by atoms with Crippen molar-refractivity contribution in [3.05, 3.63) is 52.3 Å². The molecule has 0 aliphatic carbocycles. The number of pyridine rings is 1. The minimum absolute atomic E-state index is 0.154. The van der Waals surface area contributed by atoms with Crippen LogP contribution < -0.4 is 10.6 Å². The summed E-state index contributed by atoms with van der Waals surface area (Å²) in [5, 5.41) is 7.14. The number of nitrogens with zero attached hydrogens (tertiary/aromatic N) is 2. The third-order valence-corrected chi connectivity index (χ3v) is 4.41. The summed E-state index contributed by atoms with van der Waals surface area (Å²) in [5.74, 6) is -0.154. The highest BCUT2D eigenvalue weighted by Gasteiger charge is 2.11. The first-order chi connectivity index (χ1) is 12.6. The molecule has 2 heterocycles. The van der Waals surface area contributed by atoms with E-state index in [1.807, 2.05) is 0 Å². The average Bonchev–Trinajstić information content (AvgIpc) is 2.62. The molecule has 2 N–H and O–H groups in total. The predicted molar refractivity (Wildman–Crippen MR) is 104 cm³/mol. The molecular formula is C18H20Cl2N4O2. The van der Waals surface area contributed by atoms with E-state index in [0.717, 1.165) is 38.5 Å². The Bertz CT molecular complexity index is 746. The van der Waals surface area contributed by atoms with Crippen molar-refractivity contribution in [2.24, 2.45) is 0 Å². The van der Waals surface area contributed by atoms with Gasteiger partial charge in [0.25, 0.3) is 5.91 Å².